The first kappa shape index (κ1) is 10.4. The smallest absolute Gasteiger partial charge is 0.247 e. The Kier molecular flexibility index (Phi) is 3.65. The number of nitrogens with one attached hydrogen (secondary N) is 1. The van der Waals surface area contributed by atoms with Crippen molar-refractivity contribution in [1.82, 2.24) is 5.32 Å². The number of hydrogen-bond donors (Lipinski definition) is 4. The van der Waals surface area contributed by atoms with Gasteiger partial charge in [0, 0.05) is 18.6 Å². The molecule has 1 rings (SSSR count). The van der Waals surface area contributed by atoms with E-state index in [1.807, 2.05) is 0 Å². The predicted octanol–water partition coefficient (Wildman–Crippen LogP) is -1.70. The van der Waals surface area contributed by atoms with Crippen molar-refractivity contribution in [3.05, 3.63) is 0 Å². The van der Waals surface area contributed by atoms with E-state index in [0.29, 0.717) is 6.04 Å². The molecule has 1 saturated carbocycles. The number of primary amides is 1. The molecule has 1 fully saturated rings. The lowest BCUT2D eigenvalue weighted by atomic mass is 10.2. The molecule has 0 aromatic heterocycles. The summed E-state index contributed by atoms with van der Waals surface area (Å²) in [6.07, 6.45) is 1.83. The third-order valence-corrected chi connectivity index (χ3v) is 2.40. The number of rotatable bonds is 4. The molecule has 1 aliphatic carbocycles. The topological polar surface area (TPSA) is 101 Å². The fourth-order valence-electron chi connectivity index (χ4n) is 1.58. The van der Waals surface area contributed by atoms with Gasteiger partial charge >= 0.3 is 0 Å². The zero-order valence-corrected chi connectivity index (χ0v) is 7.57. The predicted molar refractivity (Wildman–Crippen MR) is 48.8 cm³/mol. The maximum atomic E-state index is 10.5. The first-order valence-electron chi connectivity index (χ1n) is 4.56. The zero-order chi connectivity index (χ0) is 9.84. The fraction of sp³-hybridized carbons (Fsp3) is 0.875. The Morgan fingerprint density at radius 2 is 2.31 bits per heavy atom. The molecule has 3 unspecified atom stereocenters. The summed E-state index contributed by atoms with van der Waals surface area (Å²) in [6.45, 7) is 0.229. The molecule has 0 heterocycles. The van der Waals surface area contributed by atoms with Gasteiger partial charge in [-0.3, -0.25) is 4.79 Å². The van der Waals surface area contributed by atoms with Crippen LogP contribution in [0.2, 0.25) is 0 Å². The molecular weight excluding hydrogens is 170 g/mol. The molecule has 0 bridgehead atoms. The van der Waals surface area contributed by atoms with Gasteiger partial charge in [-0.2, -0.15) is 0 Å². The summed E-state index contributed by atoms with van der Waals surface area (Å²) < 4.78 is 0. The second-order valence-electron chi connectivity index (χ2n) is 3.60. The van der Waals surface area contributed by atoms with Crippen LogP contribution in [0.5, 0.6) is 0 Å². The van der Waals surface area contributed by atoms with Crippen LogP contribution in [0.25, 0.3) is 0 Å². The van der Waals surface area contributed by atoms with Crippen LogP contribution in [0.4, 0.5) is 0 Å². The Morgan fingerprint density at radius 1 is 1.62 bits per heavy atom. The lowest BCUT2D eigenvalue weighted by molar-refractivity contribution is -0.125. The van der Waals surface area contributed by atoms with E-state index in [1.165, 1.54) is 0 Å². The molecule has 0 spiro atoms. The number of nitrogens with two attached hydrogens (primary N) is 2. The number of carbonyl (C=O) groups excluding carboxylic acids is 1. The third-order valence-electron chi connectivity index (χ3n) is 2.40. The zero-order valence-electron chi connectivity index (χ0n) is 7.57. The lowest BCUT2D eigenvalue weighted by Gasteiger charge is -2.13. The Balaban J connectivity index is 2.16. The number of aliphatic hydroxyl groups excluding tert-OH is 1. The summed E-state index contributed by atoms with van der Waals surface area (Å²) in [5.74, 6) is -0.685. The van der Waals surface area contributed by atoms with Crippen molar-refractivity contribution in [2.45, 2.75) is 37.5 Å². The Morgan fingerprint density at radius 3 is 2.77 bits per heavy atom. The largest absolute Gasteiger partial charge is 0.382 e. The van der Waals surface area contributed by atoms with Crippen LogP contribution in [-0.4, -0.2) is 35.7 Å². The van der Waals surface area contributed by atoms with E-state index in [2.05, 4.69) is 5.32 Å². The lowest BCUT2D eigenvalue weighted by Crippen LogP contribution is -2.41. The van der Waals surface area contributed by atoms with Crippen molar-refractivity contribution in [2.75, 3.05) is 6.54 Å². The Bertz CT molecular complexity index is 186. The van der Waals surface area contributed by atoms with Gasteiger partial charge in [0.2, 0.25) is 5.91 Å². The van der Waals surface area contributed by atoms with Crippen molar-refractivity contribution in [3.8, 4) is 0 Å². The van der Waals surface area contributed by atoms with Crippen LogP contribution in [0.3, 0.4) is 0 Å². The first-order valence-corrected chi connectivity index (χ1v) is 4.56. The average Bonchev–Trinajstić information content (AvgIpc) is 2.47. The van der Waals surface area contributed by atoms with Crippen LogP contribution in [-0.2, 0) is 4.79 Å². The van der Waals surface area contributed by atoms with Crippen LogP contribution >= 0.6 is 0 Å². The van der Waals surface area contributed by atoms with Crippen molar-refractivity contribution < 1.29 is 9.90 Å². The van der Waals surface area contributed by atoms with Gasteiger partial charge in [0.1, 0.15) is 6.10 Å². The number of aliphatic hydroxyl groups is 1. The van der Waals surface area contributed by atoms with Crippen molar-refractivity contribution in [3.63, 3.8) is 0 Å². The summed E-state index contributed by atoms with van der Waals surface area (Å²) in [5.41, 5.74) is 10.6. The maximum absolute atomic E-state index is 10.5. The molecule has 0 aromatic carbocycles. The minimum Gasteiger partial charge on any atom is -0.382 e. The molecule has 1 amide bonds. The van der Waals surface area contributed by atoms with E-state index in [-0.39, 0.29) is 12.6 Å². The third kappa shape index (κ3) is 3.30. The molecule has 76 valence electrons. The van der Waals surface area contributed by atoms with Gasteiger partial charge in [-0.15, -0.1) is 0 Å². The highest BCUT2D eigenvalue weighted by Gasteiger charge is 2.22. The highest BCUT2D eigenvalue weighted by Crippen LogP contribution is 2.16. The fourth-order valence-corrected chi connectivity index (χ4v) is 1.58. The van der Waals surface area contributed by atoms with Crippen LogP contribution in [0, 0.1) is 0 Å². The molecular formula is C8H17N3O2. The monoisotopic (exact) mass is 187 g/mol. The van der Waals surface area contributed by atoms with Gasteiger partial charge in [0.05, 0.1) is 0 Å². The van der Waals surface area contributed by atoms with Gasteiger partial charge in [0.15, 0.2) is 0 Å². The van der Waals surface area contributed by atoms with E-state index in [9.17, 15) is 4.79 Å². The summed E-state index contributed by atoms with van der Waals surface area (Å²) in [7, 11) is 0. The summed E-state index contributed by atoms with van der Waals surface area (Å²) >= 11 is 0. The molecule has 1 aliphatic rings. The van der Waals surface area contributed by atoms with Gasteiger partial charge < -0.3 is 21.9 Å². The van der Waals surface area contributed by atoms with E-state index >= 15 is 0 Å². The highest BCUT2D eigenvalue weighted by molar-refractivity contribution is 5.78. The van der Waals surface area contributed by atoms with Crippen LogP contribution in [0.1, 0.15) is 19.3 Å². The molecule has 13 heavy (non-hydrogen) atoms. The molecule has 0 aliphatic heterocycles. The second kappa shape index (κ2) is 4.55. The summed E-state index contributed by atoms with van der Waals surface area (Å²) in [4.78, 5) is 10.5. The van der Waals surface area contributed by atoms with Gasteiger partial charge in [0.25, 0.3) is 0 Å². The molecule has 5 heteroatoms. The quantitative estimate of drug-likeness (QED) is 0.421. The molecule has 0 aromatic rings. The van der Waals surface area contributed by atoms with Crippen molar-refractivity contribution in [2.24, 2.45) is 11.5 Å². The molecule has 0 radical (unpaired) electrons. The minimum absolute atomic E-state index is 0.229. The van der Waals surface area contributed by atoms with Crippen molar-refractivity contribution in [1.29, 1.82) is 0 Å². The van der Waals surface area contributed by atoms with E-state index in [0.717, 1.165) is 19.3 Å². The minimum atomic E-state index is -1.09. The normalized spacial score (nSPS) is 30.3. The van der Waals surface area contributed by atoms with Gasteiger partial charge in [-0.1, -0.05) is 0 Å². The number of amides is 1. The SMILES string of the molecule is NC(=O)C(O)CNC1CCC(N)C1. The molecule has 5 nitrogen and oxygen atoms in total. The Labute approximate surface area is 77.5 Å². The second-order valence-corrected chi connectivity index (χ2v) is 3.60. The summed E-state index contributed by atoms with van der Waals surface area (Å²) in [5, 5.41) is 12.1. The van der Waals surface area contributed by atoms with E-state index in [4.69, 9.17) is 16.6 Å². The summed E-state index contributed by atoms with van der Waals surface area (Å²) in [6, 6.07) is 0.576. The first-order chi connectivity index (χ1) is 6.09. The van der Waals surface area contributed by atoms with Crippen LogP contribution < -0.4 is 16.8 Å². The van der Waals surface area contributed by atoms with Gasteiger partial charge in [-0.25, -0.2) is 0 Å². The van der Waals surface area contributed by atoms with Crippen LogP contribution in [0.15, 0.2) is 0 Å². The average molecular weight is 187 g/mol. The number of carbonyl (C=O) groups is 1. The van der Waals surface area contributed by atoms with Gasteiger partial charge in [-0.05, 0) is 19.3 Å². The standard InChI is InChI=1S/C8H17N3O2/c9-5-1-2-6(3-5)11-4-7(12)8(10)13/h5-7,11-12H,1-4,9H2,(H2,10,13). The van der Waals surface area contributed by atoms with E-state index < -0.39 is 12.0 Å². The Hall–Kier alpha value is -0.650. The molecule has 3 atom stereocenters. The molecule has 0 saturated heterocycles. The molecule has 6 N–H and O–H groups in total. The highest BCUT2D eigenvalue weighted by atomic mass is 16.3. The van der Waals surface area contributed by atoms with E-state index in [1.54, 1.807) is 0 Å². The number of hydrogen-bond acceptors (Lipinski definition) is 4. The maximum Gasteiger partial charge on any atom is 0.247 e. The van der Waals surface area contributed by atoms with Crippen molar-refractivity contribution >= 4 is 5.91 Å².